The molecule has 1 aliphatic rings. The van der Waals surface area contributed by atoms with Crippen LogP contribution >= 0.6 is 0 Å². The van der Waals surface area contributed by atoms with Gasteiger partial charge in [-0.25, -0.2) is 0 Å². The van der Waals surface area contributed by atoms with Crippen LogP contribution < -0.4 is 5.73 Å². The number of hydrogen-bond donors (Lipinski definition) is 1. The van der Waals surface area contributed by atoms with Crippen LogP contribution in [-0.4, -0.2) is 5.54 Å². The Kier molecular flexibility index (Phi) is 7.42. The number of nitrogens with two attached hydrogens (primary N) is 1. The Labute approximate surface area is 121 Å². The first kappa shape index (κ1) is 17.0. The van der Waals surface area contributed by atoms with Crippen LogP contribution in [0, 0.1) is 5.41 Å². The van der Waals surface area contributed by atoms with E-state index in [-0.39, 0.29) is 5.54 Å². The van der Waals surface area contributed by atoms with Gasteiger partial charge in [0.1, 0.15) is 0 Å². The molecule has 114 valence electrons. The van der Waals surface area contributed by atoms with Crippen LogP contribution in [0.5, 0.6) is 0 Å². The van der Waals surface area contributed by atoms with E-state index in [1.54, 1.807) is 0 Å². The fraction of sp³-hybridized carbons (Fsp3) is 1.00. The van der Waals surface area contributed by atoms with Crippen LogP contribution in [0.2, 0.25) is 0 Å². The predicted octanol–water partition coefficient (Wildman–Crippen LogP) is 5.81. The van der Waals surface area contributed by atoms with Crippen molar-refractivity contribution >= 4 is 0 Å². The maximum absolute atomic E-state index is 6.64. The highest BCUT2D eigenvalue weighted by molar-refractivity contribution is 4.89. The molecular formula is C18H37N. The second kappa shape index (κ2) is 8.29. The first-order valence-corrected chi connectivity index (χ1v) is 8.76. The summed E-state index contributed by atoms with van der Waals surface area (Å²) in [6.07, 6.45) is 17.6. The molecule has 0 spiro atoms. The molecular weight excluding hydrogens is 230 g/mol. The van der Waals surface area contributed by atoms with Crippen molar-refractivity contribution in [2.75, 3.05) is 0 Å². The van der Waals surface area contributed by atoms with E-state index in [1.165, 1.54) is 83.5 Å². The average Bonchev–Trinajstić information content (AvgIpc) is 2.48. The van der Waals surface area contributed by atoms with Gasteiger partial charge in [0.25, 0.3) is 0 Å². The maximum atomic E-state index is 6.64. The van der Waals surface area contributed by atoms with Crippen molar-refractivity contribution in [2.45, 2.75) is 110 Å². The Morgan fingerprint density at radius 1 is 0.789 bits per heavy atom. The van der Waals surface area contributed by atoms with Crippen molar-refractivity contribution in [3.63, 3.8) is 0 Å². The fourth-order valence-corrected chi connectivity index (χ4v) is 3.44. The summed E-state index contributed by atoms with van der Waals surface area (Å²) in [5.74, 6) is 0. The Morgan fingerprint density at radius 2 is 1.42 bits per heavy atom. The molecule has 0 heterocycles. The minimum absolute atomic E-state index is 0.164. The van der Waals surface area contributed by atoms with Crippen molar-refractivity contribution in [2.24, 2.45) is 11.1 Å². The van der Waals surface area contributed by atoms with Gasteiger partial charge in [-0.05, 0) is 37.5 Å². The van der Waals surface area contributed by atoms with Crippen LogP contribution in [-0.2, 0) is 0 Å². The van der Waals surface area contributed by atoms with E-state index < -0.39 is 0 Å². The van der Waals surface area contributed by atoms with Crippen LogP contribution in [0.3, 0.4) is 0 Å². The second-order valence-electron chi connectivity index (χ2n) is 7.75. The molecule has 1 nitrogen and oxygen atoms in total. The van der Waals surface area contributed by atoms with Gasteiger partial charge < -0.3 is 5.73 Å². The molecule has 1 aliphatic carbocycles. The number of unbranched alkanes of at least 4 members (excludes halogenated alkanes) is 6. The van der Waals surface area contributed by atoms with E-state index in [4.69, 9.17) is 5.73 Å². The first-order chi connectivity index (χ1) is 8.97. The lowest BCUT2D eigenvalue weighted by atomic mass is 9.82. The van der Waals surface area contributed by atoms with Gasteiger partial charge in [-0.1, -0.05) is 72.1 Å². The summed E-state index contributed by atoms with van der Waals surface area (Å²) in [5, 5.41) is 0. The molecule has 19 heavy (non-hydrogen) atoms. The first-order valence-electron chi connectivity index (χ1n) is 8.76. The van der Waals surface area contributed by atoms with Gasteiger partial charge in [-0.15, -0.1) is 0 Å². The van der Waals surface area contributed by atoms with Crippen molar-refractivity contribution in [1.82, 2.24) is 0 Å². The molecule has 1 unspecified atom stereocenters. The van der Waals surface area contributed by atoms with Gasteiger partial charge >= 0.3 is 0 Å². The summed E-state index contributed by atoms with van der Waals surface area (Å²) in [5.41, 5.74) is 7.34. The van der Waals surface area contributed by atoms with E-state index in [0.29, 0.717) is 5.41 Å². The van der Waals surface area contributed by atoms with Crippen molar-refractivity contribution in [3.05, 3.63) is 0 Å². The number of rotatable bonds is 8. The minimum Gasteiger partial charge on any atom is -0.325 e. The van der Waals surface area contributed by atoms with Gasteiger partial charge in [-0.2, -0.15) is 0 Å². The Balaban J connectivity index is 2.13. The lowest BCUT2D eigenvalue weighted by Crippen LogP contribution is -2.39. The van der Waals surface area contributed by atoms with Gasteiger partial charge in [0.2, 0.25) is 0 Å². The molecule has 0 amide bonds. The third-order valence-electron chi connectivity index (χ3n) is 5.11. The van der Waals surface area contributed by atoms with Crippen molar-refractivity contribution in [1.29, 1.82) is 0 Å². The summed E-state index contributed by atoms with van der Waals surface area (Å²) in [4.78, 5) is 0. The zero-order valence-corrected chi connectivity index (χ0v) is 13.8. The average molecular weight is 268 g/mol. The van der Waals surface area contributed by atoms with Crippen LogP contribution in [0.15, 0.2) is 0 Å². The third-order valence-corrected chi connectivity index (χ3v) is 5.11. The van der Waals surface area contributed by atoms with E-state index in [1.807, 2.05) is 0 Å². The molecule has 1 rings (SSSR count). The summed E-state index contributed by atoms with van der Waals surface area (Å²) < 4.78 is 0. The summed E-state index contributed by atoms with van der Waals surface area (Å²) >= 11 is 0. The smallest absolute Gasteiger partial charge is 0.0154 e. The fourth-order valence-electron chi connectivity index (χ4n) is 3.44. The number of hydrogen-bond acceptors (Lipinski definition) is 1. The lowest BCUT2D eigenvalue weighted by Gasteiger charge is -2.29. The van der Waals surface area contributed by atoms with Gasteiger partial charge in [0.05, 0.1) is 0 Å². The Morgan fingerprint density at radius 3 is 2.11 bits per heavy atom. The van der Waals surface area contributed by atoms with Gasteiger partial charge in [0, 0.05) is 5.54 Å². The lowest BCUT2D eigenvalue weighted by molar-refractivity contribution is 0.287. The molecule has 1 heteroatoms. The molecule has 0 aromatic heterocycles. The van der Waals surface area contributed by atoms with Gasteiger partial charge in [-0.3, -0.25) is 0 Å². The second-order valence-corrected chi connectivity index (χ2v) is 7.75. The highest BCUT2D eigenvalue weighted by Crippen LogP contribution is 2.38. The van der Waals surface area contributed by atoms with E-state index in [0.717, 1.165) is 0 Å². The van der Waals surface area contributed by atoms with Crippen molar-refractivity contribution < 1.29 is 0 Å². The molecule has 0 aromatic rings. The van der Waals surface area contributed by atoms with Crippen molar-refractivity contribution in [3.8, 4) is 0 Å². The zero-order chi connectivity index (χ0) is 14.2. The molecule has 1 atom stereocenters. The zero-order valence-electron chi connectivity index (χ0n) is 13.8. The quantitative estimate of drug-likeness (QED) is 0.435. The summed E-state index contributed by atoms with van der Waals surface area (Å²) in [7, 11) is 0. The molecule has 0 radical (unpaired) electrons. The summed E-state index contributed by atoms with van der Waals surface area (Å²) in [6.45, 7) is 7.10. The molecule has 0 aromatic carbocycles. The largest absolute Gasteiger partial charge is 0.325 e. The van der Waals surface area contributed by atoms with Gasteiger partial charge in [0.15, 0.2) is 0 Å². The minimum atomic E-state index is 0.164. The normalized spacial score (nSPS) is 27.2. The van der Waals surface area contributed by atoms with E-state index >= 15 is 0 Å². The molecule has 0 saturated heterocycles. The molecule has 0 aliphatic heterocycles. The topological polar surface area (TPSA) is 26.0 Å². The molecule has 2 N–H and O–H groups in total. The highest BCUT2D eigenvalue weighted by atomic mass is 14.7. The SMILES string of the molecule is CCCCCCCCCC1(N)CCCC(C)(C)CC1. The van der Waals surface area contributed by atoms with E-state index in [2.05, 4.69) is 20.8 Å². The standard InChI is InChI=1S/C18H37N/c1-4-5-6-7-8-9-10-13-18(19)14-11-12-17(2,3)15-16-18/h4-16,19H2,1-3H3. The highest BCUT2D eigenvalue weighted by Gasteiger charge is 2.31. The maximum Gasteiger partial charge on any atom is 0.0154 e. The molecule has 0 bridgehead atoms. The van der Waals surface area contributed by atoms with Crippen LogP contribution in [0.4, 0.5) is 0 Å². The van der Waals surface area contributed by atoms with E-state index in [9.17, 15) is 0 Å². The predicted molar refractivity (Wildman–Crippen MR) is 86.4 cm³/mol. The summed E-state index contributed by atoms with van der Waals surface area (Å²) in [6, 6.07) is 0. The van der Waals surface area contributed by atoms with Crippen LogP contribution in [0.25, 0.3) is 0 Å². The van der Waals surface area contributed by atoms with Crippen LogP contribution in [0.1, 0.15) is 104 Å². The Bertz CT molecular complexity index is 234. The Hall–Kier alpha value is -0.0400. The monoisotopic (exact) mass is 267 g/mol. The molecule has 1 saturated carbocycles. The third kappa shape index (κ3) is 7.34. The molecule has 1 fully saturated rings.